The molecule has 1 aliphatic heterocycles. The largest absolute Gasteiger partial charge is 0.504 e. The summed E-state index contributed by atoms with van der Waals surface area (Å²) in [6.45, 7) is 0.282. The van der Waals surface area contributed by atoms with Gasteiger partial charge in [-0.15, -0.1) is 0 Å². The van der Waals surface area contributed by atoms with Crippen LogP contribution >= 0.6 is 0 Å². The number of nitrogens with zero attached hydrogens (tertiary/aromatic N) is 2. The van der Waals surface area contributed by atoms with Crippen LogP contribution in [0.4, 0.5) is 4.79 Å². The molecule has 0 unspecified atom stereocenters. The van der Waals surface area contributed by atoms with Crippen LogP contribution in [0.2, 0.25) is 0 Å². The smallest absolute Gasteiger partial charge is 0.321 e. The van der Waals surface area contributed by atoms with Crippen LogP contribution < -0.4 is 5.73 Å². The lowest BCUT2D eigenvalue weighted by Gasteiger charge is -2.31. The second kappa shape index (κ2) is 5.08. The van der Waals surface area contributed by atoms with Gasteiger partial charge in [0.2, 0.25) is 0 Å². The fourth-order valence-corrected chi connectivity index (χ4v) is 1.92. The van der Waals surface area contributed by atoms with E-state index >= 15 is 0 Å². The molecule has 8 nitrogen and oxygen atoms in total. The Kier molecular flexibility index (Phi) is 3.47. The summed E-state index contributed by atoms with van der Waals surface area (Å²) in [6, 6.07) is 3.16. The molecule has 0 aromatic heterocycles. The van der Waals surface area contributed by atoms with E-state index in [2.05, 4.69) is 0 Å². The number of phenolic OH excluding ortho intramolecular Hbond substituents is 2. The third kappa shape index (κ3) is 2.48. The van der Waals surface area contributed by atoms with Crippen molar-refractivity contribution in [3.8, 4) is 11.5 Å². The van der Waals surface area contributed by atoms with E-state index < -0.39 is 17.8 Å². The van der Waals surface area contributed by atoms with Crippen LogP contribution in [0.15, 0.2) is 18.2 Å². The summed E-state index contributed by atoms with van der Waals surface area (Å²) in [5, 5.41) is 18.6. The van der Waals surface area contributed by atoms with Gasteiger partial charge in [0.15, 0.2) is 11.5 Å². The second-order valence-corrected chi connectivity index (χ2v) is 4.34. The molecular weight excluding hydrogens is 266 g/mol. The molecule has 2 rings (SSSR count). The van der Waals surface area contributed by atoms with Crippen LogP contribution in [0.3, 0.4) is 0 Å². The summed E-state index contributed by atoms with van der Waals surface area (Å²) in [7, 11) is 0. The lowest BCUT2D eigenvalue weighted by molar-refractivity contribution is -0.154. The summed E-state index contributed by atoms with van der Waals surface area (Å²) in [5.41, 5.74) is 5.54. The van der Waals surface area contributed by atoms with Gasteiger partial charge in [-0.2, -0.15) is 0 Å². The third-order valence-corrected chi connectivity index (χ3v) is 2.99. The molecule has 1 saturated heterocycles. The lowest BCUT2D eigenvalue weighted by Crippen LogP contribution is -2.57. The lowest BCUT2D eigenvalue weighted by atomic mass is 10.1. The van der Waals surface area contributed by atoms with Crippen molar-refractivity contribution < 1.29 is 24.6 Å². The predicted octanol–water partition coefficient (Wildman–Crippen LogP) is -0.653. The van der Waals surface area contributed by atoms with Crippen molar-refractivity contribution in [2.24, 2.45) is 5.73 Å². The minimum Gasteiger partial charge on any atom is -0.504 e. The maximum Gasteiger partial charge on any atom is 0.321 e. The first kappa shape index (κ1) is 13.7. The number of rotatable bonds is 2. The molecule has 1 fully saturated rings. The molecule has 0 spiro atoms. The Hall–Kier alpha value is -2.77. The average Bonchev–Trinajstić information content (AvgIpc) is 2.39. The highest BCUT2D eigenvalue weighted by Crippen LogP contribution is 2.25. The van der Waals surface area contributed by atoms with E-state index in [9.17, 15) is 24.6 Å². The molecule has 1 aromatic rings. The van der Waals surface area contributed by atoms with Crippen molar-refractivity contribution in [1.82, 2.24) is 9.80 Å². The van der Waals surface area contributed by atoms with Crippen LogP contribution in [-0.4, -0.2) is 50.9 Å². The molecule has 0 bridgehead atoms. The summed E-state index contributed by atoms with van der Waals surface area (Å²) in [6.07, 6.45) is 0. The number of hydrogen-bond acceptors (Lipinski definition) is 5. The van der Waals surface area contributed by atoms with Crippen LogP contribution in [-0.2, 0) is 16.1 Å². The number of phenols is 2. The molecule has 20 heavy (non-hydrogen) atoms. The number of primary amides is 1. The zero-order valence-corrected chi connectivity index (χ0v) is 10.4. The number of hydrogen-bond donors (Lipinski definition) is 3. The number of piperazine rings is 1. The van der Waals surface area contributed by atoms with Crippen molar-refractivity contribution in [2.45, 2.75) is 6.54 Å². The van der Waals surface area contributed by atoms with Crippen molar-refractivity contribution in [3.63, 3.8) is 0 Å². The quantitative estimate of drug-likeness (QED) is 0.490. The Balaban J connectivity index is 2.11. The molecule has 0 radical (unpaired) electrons. The second-order valence-electron chi connectivity index (χ2n) is 4.34. The standard InChI is InChI=1S/C12H13N3O5/c13-12(20)15-4-3-14(10(18)11(15)19)6-7-1-2-8(16)9(17)5-7/h1-2,5,16-17H,3-4,6H2,(H2,13,20). The monoisotopic (exact) mass is 279 g/mol. The number of aromatic hydroxyl groups is 2. The van der Waals surface area contributed by atoms with E-state index in [1.165, 1.54) is 23.1 Å². The topological polar surface area (TPSA) is 124 Å². The molecular formula is C12H13N3O5. The maximum atomic E-state index is 11.8. The van der Waals surface area contributed by atoms with Gasteiger partial charge in [0, 0.05) is 19.6 Å². The highest BCUT2D eigenvalue weighted by Gasteiger charge is 2.35. The van der Waals surface area contributed by atoms with Gasteiger partial charge in [-0.3, -0.25) is 14.5 Å². The molecule has 4 N–H and O–H groups in total. The van der Waals surface area contributed by atoms with E-state index in [0.29, 0.717) is 10.5 Å². The molecule has 0 saturated carbocycles. The van der Waals surface area contributed by atoms with Gasteiger partial charge in [0.05, 0.1) is 0 Å². The Labute approximate surface area is 114 Å². The fourth-order valence-electron chi connectivity index (χ4n) is 1.92. The highest BCUT2D eigenvalue weighted by molar-refractivity contribution is 6.37. The van der Waals surface area contributed by atoms with Crippen molar-refractivity contribution in [3.05, 3.63) is 23.8 Å². The van der Waals surface area contributed by atoms with Crippen LogP contribution in [0.5, 0.6) is 11.5 Å². The molecule has 0 aliphatic carbocycles. The highest BCUT2D eigenvalue weighted by atomic mass is 16.3. The number of imide groups is 1. The number of urea groups is 1. The van der Waals surface area contributed by atoms with Crippen molar-refractivity contribution in [1.29, 1.82) is 0 Å². The Bertz CT molecular complexity index is 586. The van der Waals surface area contributed by atoms with Gasteiger partial charge in [-0.1, -0.05) is 6.07 Å². The SMILES string of the molecule is NC(=O)N1CCN(Cc2ccc(O)c(O)c2)C(=O)C1=O. The van der Waals surface area contributed by atoms with Gasteiger partial charge >= 0.3 is 17.8 Å². The molecule has 1 aliphatic rings. The molecule has 1 heterocycles. The maximum absolute atomic E-state index is 11.8. The zero-order valence-electron chi connectivity index (χ0n) is 10.4. The third-order valence-electron chi connectivity index (χ3n) is 2.99. The van der Waals surface area contributed by atoms with Crippen LogP contribution in [0.1, 0.15) is 5.56 Å². The first-order valence-corrected chi connectivity index (χ1v) is 5.81. The fraction of sp³-hybridized carbons (Fsp3) is 0.250. The van der Waals surface area contributed by atoms with E-state index in [-0.39, 0.29) is 31.1 Å². The summed E-state index contributed by atoms with van der Waals surface area (Å²) >= 11 is 0. The number of amides is 4. The van der Waals surface area contributed by atoms with Crippen LogP contribution in [0, 0.1) is 0 Å². The molecule has 8 heteroatoms. The molecule has 106 valence electrons. The van der Waals surface area contributed by atoms with Gasteiger partial charge in [-0.25, -0.2) is 4.79 Å². The van der Waals surface area contributed by atoms with Gasteiger partial charge in [0.1, 0.15) is 0 Å². The van der Waals surface area contributed by atoms with Gasteiger partial charge in [-0.05, 0) is 17.7 Å². The van der Waals surface area contributed by atoms with Crippen LogP contribution in [0.25, 0.3) is 0 Å². The number of carbonyl (C=O) groups is 3. The summed E-state index contributed by atoms with van der Waals surface area (Å²) < 4.78 is 0. The first-order valence-electron chi connectivity index (χ1n) is 5.81. The van der Waals surface area contributed by atoms with E-state index in [4.69, 9.17) is 5.73 Å². The summed E-state index contributed by atoms with van der Waals surface area (Å²) in [4.78, 5) is 36.3. The zero-order chi connectivity index (χ0) is 14.9. The van der Waals surface area contributed by atoms with Crippen molar-refractivity contribution >= 4 is 17.8 Å². The Morgan fingerprint density at radius 1 is 1.15 bits per heavy atom. The van der Waals surface area contributed by atoms with Gasteiger partial charge < -0.3 is 20.8 Å². The minimum absolute atomic E-state index is 0.0317. The van der Waals surface area contributed by atoms with E-state index in [1.54, 1.807) is 0 Å². The number of carbonyl (C=O) groups excluding carboxylic acids is 3. The first-order chi connectivity index (χ1) is 9.40. The van der Waals surface area contributed by atoms with E-state index in [1.807, 2.05) is 0 Å². The number of nitrogens with two attached hydrogens (primary N) is 1. The molecule has 4 amide bonds. The van der Waals surface area contributed by atoms with Gasteiger partial charge in [0.25, 0.3) is 0 Å². The number of benzene rings is 1. The average molecular weight is 279 g/mol. The molecule has 1 aromatic carbocycles. The van der Waals surface area contributed by atoms with E-state index in [0.717, 1.165) is 0 Å². The molecule has 0 atom stereocenters. The predicted molar refractivity (Wildman–Crippen MR) is 66.5 cm³/mol. The Morgan fingerprint density at radius 2 is 1.85 bits per heavy atom. The Morgan fingerprint density at radius 3 is 2.45 bits per heavy atom. The normalized spacial score (nSPS) is 15.6. The van der Waals surface area contributed by atoms with Crippen molar-refractivity contribution in [2.75, 3.05) is 13.1 Å². The summed E-state index contributed by atoms with van der Waals surface area (Å²) in [5.74, 6) is -2.37. The minimum atomic E-state index is -0.966.